The van der Waals surface area contributed by atoms with Crippen molar-refractivity contribution in [3.63, 3.8) is 0 Å². The molecule has 0 saturated heterocycles. The van der Waals surface area contributed by atoms with Gasteiger partial charge in [0.15, 0.2) is 0 Å². The van der Waals surface area contributed by atoms with E-state index in [2.05, 4.69) is 81.4 Å². The second-order valence-electron chi connectivity index (χ2n) is 4.14. The highest BCUT2D eigenvalue weighted by atomic mass is 79.9. The first-order valence-electron chi connectivity index (χ1n) is 5.86. The summed E-state index contributed by atoms with van der Waals surface area (Å²) in [6.07, 6.45) is 0. The lowest BCUT2D eigenvalue weighted by Gasteiger charge is -2.18. The molecule has 1 atom stereocenters. The molecule has 2 rings (SSSR count). The van der Waals surface area contributed by atoms with Gasteiger partial charge in [-0.05, 0) is 58.7 Å². The minimum absolute atomic E-state index is 0.276. The second-order valence-corrected chi connectivity index (χ2v) is 7.49. The van der Waals surface area contributed by atoms with E-state index < -0.39 is 0 Å². The van der Waals surface area contributed by atoms with Crippen LogP contribution in [0.1, 0.15) is 29.0 Å². The third-order valence-corrected chi connectivity index (χ3v) is 5.38. The number of aryl methyl sites for hydroxylation is 1. The Labute approximate surface area is 129 Å². The van der Waals surface area contributed by atoms with E-state index in [4.69, 9.17) is 0 Å². The van der Waals surface area contributed by atoms with Gasteiger partial charge in [0.2, 0.25) is 0 Å². The maximum absolute atomic E-state index is 3.55. The fourth-order valence-electron chi connectivity index (χ4n) is 1.92. The number of hydrogen-bond donors (Lipinski definition) is 1. The predicted molar refractivity (Wildman–Crippen MR) is 86.4 cm³/mol. The van der Waals surface area contributed by atoms with Crippen LogP contribution in [-0.4, -0.2) is 6.54 Å². The van der Waals surface area contributed by atoms with Crippen molar-refractivity contribution in [3.8, 4) is 0 Å². The van der Waals surface area contributed by atoms with Crippen LogP contribution in [0.3, 0.4) is 0 Å². The molecule has 0 fully saturated rings. The molecular weight excluding hydrogens is 374 g/mol. The largest absolute Gasteiger partial charge is 0.306 e. The molecule has 0 bridgehead atoms. The molecule has 4 heteroatoms. The van der Waals surface area contributed by atoms with Crippen molar-refractivity contribution in [2.24, 2.45) is 0 Å². The average molecular weight is 389 g/mol. The standard InChI is InChI=1S/C14H15Br2NS/c1-3-17-14(12-6-7-13(16)18-12)10-4-5-11(15)9(2)8-10/h4-8,14,17H,3H2,1-2H3. The number of thiophene rings is 1. The maximum atomic E-state index is 3.55. The van der Waals surface area contributed by atoms with Gasteiger partial charge in [-0.2, -0.15) is 0 Å². The van der Waals surface area contributed by atoms with Gasteiger partial charge in [0.1, 0.15) is 0 Å². The van der Waals surface area contributed by atoms with E-state index >= 15 is 0 Å². The summed E-state index contributed by atoms with van der Waals surface area (Å²) in [5, 5.41) is 3.55. The summed E-state index contributed by atoms with van der Waals surface area (Å²) >= 11 is 8.87. The monoisotopic (exact) mass is 387 g/mol. The topological polar surface area (TPSA) is 12.0 Å². The molecule has 18 heavy (non-hydrogen) atoms. The van der Waals surface area contributed by atoms with E-state index in [0.29, 0.717) is 0 Å². The first-order chi connectivity index (χ1) is 8.61. The van der Waals surface area contributed by atoms with Gasteiger partial charge in [-0.15, -0.1) is 11.3 Å². The number of hydrogen-bond acceptors (Lipinski definition) is 2. The van der Waals surface area contributed by atoms with E-state index in [1.165, 1.54) is 19.8 Å². The molecule has 96 valence electrons. The zero-order chi connectivity index (χ0) is 13.1. The van der Waals surface area contributed by atoms with E-state index in [9.17, 15) is 0 Å². The quantitative estimate of drug-likeness (QED) is 0.751. The van der Waals surface area contributed by atoms with Crippen LogP contribution in [0.15, 0.2) is 38.6 Å². The van der Waals surface area contributed by atoms with Crippen LogP contribution in [0.5, 0.6) is 0 Å². The molecule has 0 radical (unpaired) electrons. The highest BCUT2D eigenvalue weighted by Crippen LogP contribution is 2.32. The minimum atomic E-state index is 0.276. The molecule has 1 heterocycles. The van der Waals surface area contributed by atoms with Crippen LogP contribution in [0.2, 0.25) is 0 Å². The van der Waals surface area contributed by atoms with E-state index in [1.807, 2.05) is 0 Å². The Hall–Kier alpha value is -0.160. The maximum Gasteiger partial charge on any atom is 0.0702 e. The zero-order valence-electron chi connectivity index (χ0n) is 10.3. The molecule has 1 nitrogen and oxygen atoms in total. The van der Waals surface area contributed by atoms with Crippen LogP contribution < -0.4 is 5.32 Å². The molecule has 1 unspecified atom stereocenters. The molecule has 0 aliphatic rings. The SMILES string of the molecule is CCNC(c1ccc(Br)c(C)c1)c1ccc(Br)s1. The first-order valence-corrected chi connectivity index (χ1v) is 8.26. The van der Waals surface area contributed by atoms with Crippen molar-refractivity contribution in [1.82, 2.24) is 5.32 Å². The lowest BCUT2D eigenvalue weighted by atomic mass is 10.0. The van der Waals surface area contributed by atoms with Gasteiger partial charge in [-0.3, -0.25) is 0 Å². The van der Waals surface area contributed by atoms with E-state index in [-0.39, 0.29) is 6.04 Å². The fraction of sp³-hybridized carbons (Fsp3) is 0.286. The Kier molecular flexibility index (Phi) is 5.01. The Morgan fingerprint density at radius 2 is 2.00 bits per heavy atom. The van der Waals surface area contributed by atoms with E-state index in [0.717, 1.165) is 11.0 Å². The zero-order valence-corrected chi connectivity index (χ0v) is 14.3. The lowest BCUT2D eigenvalue weighted by Crippen LogP contribution is -2.21. The van der Waals surface area contributed by atoms with E-state index in [1.54, 1.807) is 11.3 Å². The Balaban J connectivity index is 2.37. The molecule has 1 aromatic heterocycles. The Bertz CT molecular complexity index is 536. The van der Waals surface area contributed by atoms with Crippen LogP contribution in [0.25, 0.3) is 0 Å². The highest BCUT2D eigenvalue weighted by Gasteiger charge is 2.15. The lowest BCUT2D eigenvalue weighted by molar-refractivity contribution is 0.639. The van der Waals surface area contributed by atoms with Crippen LogP contribution in [0, 0.1) is 6.92 Å². The van der Waals surface area contributed by atoms with Crippen LogP contribution in [0.4, 0.5) is 0 Å². The Morgan fingerprint density at radius 1 is 1.22 bits per heavy atom. The minimum Gasteiger partial charge on any atom is -0.306 e. The summed E-state index contributed by atoms with van der Waals surface area (Å²) in [4.78, 5) is 1.34. The second kappa shape index (κ2) is 6.33. The summed E-state index contributed by atoms with van der Waals surface area (Å²) in [6.45, 7) is 5.22. The van der Waals surface area contributed by atoms with Gasteiger partial charge >= 0.3 is 0 Å². The van der Waals surface area contributed by atoms with Gasteiger partial charge < -0.3 is 5.32 Å². The first kappa shape index (κ1) is 14.3. The van der Waals surface area contributed by atoms with Gasteiger partial charge in [0, 0.05) is 9.35 Å². The molecule has 2 aromatic rings. The van der Waals surface area contributed by atoms with Gasteiger partial charge in [0.05, 0.1) is 9.83 Å². The number of nitrogens with one attached hydrogen (secondary N) is 1. The molecule has 0 spiro atoms. The summed E-state index contributed by atoms with van der Waals surface area (Å²) < 4.78 is 2.34. The smallest absolute Gasteiger partial charge is 0.0702 e. The average Bonchev–Trinajstić information content (AvgIpc) is 2.76. The predicted octanol–water partition coefficient (Wildman–Crippen LogP) is 5.28. The van der Waals surface area contributed by atoms with Gasteiger partial charge in [-0.25, -0.2) is 0 Å². The third kappa shape index (κ3) is 3.23. The summed E-state index contributed by atoms with van der Waals surface area (Å²) in [7, 11) is 0. The highest BCUT2D eigenvalue weighted by molar-refractivity contribution is 9.11. The van der Waals surface area contributed by atoms with Crippen molar-refractivity contribution >= 4 is 43.2 Å². The van der Waals surface area contributed by atoms with Crippen molar-refractivity contribution in [2.75, 3.05) is 6.54 Å². The molecule has 0 saturated carbocycles. The van der Waals surface area contributed by atoms with Crippen molar-refractivity contribution < 1.29 is 0 Å². The van der Waals surface area contributed by atoms with Gasteiger partial charge in [0.25, 0.3) is 0 Å². The fourth-order valence-corrected chi connectivity index (χ4v) is 3.69. The van der Waals surface area contributed by atoms with Crippen molar-refractivity contribution in [1.29, 1.82) is 0 Å². The number of halogens is 2. The normalized spacial score (nSPS) is 12.7. The Morgan fingerprint density at radius 3 is 2.56 bits per heavy atom. The molecular formula is C14H15Br2NS. The van der Waals surface area contributed by atoms with Crippen molar-refractivity contribution in [3.05, 3.63) is 54.6 Å². The van der Waals surface area contributed by atoms with Crippen molar-refractivity contribution in [2.45, 2.75) is 19.9 Å². The molecule has 0 amide bonds. The summed E-state index contributed by atoms with van der Waals surface area (Å²) in [6, 6.07) is 11.1. The van der Waals surface area contributed by atoms with Crippen LogP contribution >= 0.6 is 43.2 Å². The third-order valence-electron chi connectivity index (χ3n) is 2.80. The molecule has 0 aliphatic heterocycles. The van der Waals surface area contributed by atoms with Crippen LogP contribution in [-0.2, 0) is 0 Å². The molecule has 0 aliphatic carbocycles. The summed E-state index contributed by atoms with van der Waals surface area (Å²) in [5.41, 5.74) is 2.58. The molecule has 1 N–H and O–H groups in total. The number of rotatable bonds is 4. The number of benzene rings is 1. The van der Waals surface area contributed by atoms with Gasteiger partial charge in [-0.1, -0.05) is 35.0 Å². The molecule has 1 aromatic carbocycles. The summed E-state index contributed by atoms with van der Waals surface area (Å²) in [5.74, 6) is 0.